The zero-order chi connectivity index (χ0) is 16.4. The monoisotopic (exact) mass is 324 g/mol. The maximum Gasteiger partial charge on any atom is 0.222 e. The Kier molecular flexibility index (Phi) is 4.30. The highest BCUT2D eigenvalue weighted by atomic mass is 15.2. The van der Waals surface area contributed by atoms with Gasteiger partial charge in [0.25, 0.3) is 0 Å². The smallest absolute Gasteiger partial charge is 0.222 e. The number of nitrogens with two attached hydrogens (primary N) is 1. The Morgan fingerprint density at radius 1 is 1.17 bits per heavy atom. The molecular formula is C18H24N6. The van der Waals surface area contributed by atoms with Crippen LogP contribution >= 0.6 is 0 Å². The summed E-state index contributed by atoms with van der Waals surface area (Å²) in [7, 11) is 0. The number of nitrogens with zero attached hydrogens (tertiary/aromatic N) is 4. The summed E-state index contributed by atoms with van der Waals surface area (Å²) >= 11 is 0. The number of nitrogen functional groups attached to an aromatic ring is 1. The molecule has 1 fully saturated rings. The standard InChI is InChI=1S/C18H24N6/c19-18-22-16-12-13(15-4-1-2-8-21-15)5-6-14(16)17(23-18)24-10-3-7-20-9-11-24/h1-2,4,8,13,20H,3,5-7,9-12H2,(H2,19,22,23). The van der Waals surface area contributed by atoms with Crippen molar-refractivity contribution in [2.45, 2.75) is 31.6 Å². The van der Waals surface area contributed by atoms with E-state index in [-0.39, 0.29) is 0 Å². The lowest BCUT2D eigenvalue weighted by atomic mass is 9.84. The number of pyridine rings is 1. The minimum Gasteiger partial charge on any atom is -0.368 e. The molecule has 126 valence electrons. The Balaban J connectivity index is 1.64. The minimum atomic E-state index is 0.391. The van der Waals surface area contributed by atoms with Crippen molar-refractivity contribution in [2.24, 2.45) is 0 Å². The Bertz CT molecular complexity index is 694. The average molecular weight is 324 g/mol. The highest BCUT2D eigenvalue weighted by Gasteiger charge is 2.27. The van der Waals surface area contributed by atoms with Crippen molar-refractivity contribution in [1.29, 1.82) is 0 Å². The molecule has 1 unspecified atom stereocenters. The maximum atomic E-state index is 6.03. The highest BCUT2D eigenvalue weighted by molar-refractivity contribution is 5.53. The molecule has 6 heteroatoms. The van der Waals surface area contributed by atoms with Crippen LogP contribution < -0.4 is 16.0 Å². The Morgan fingerprint density at radius 2 is 2.12 bits per heavy atom. The molecule has 1 saturated heterocycles. The van der Waals surface area contributed by atoms with E-state index in [1.165, 1.54) is 5.56 Å². The number of nitrogens with one attached hydrogen (secondary N) is 1. The molecule has 1 aliphatic heterocycles. The van der Waals surface area contributed by atoms with Crippen molar-refractivity contribution >= 4 is 11.8 Å². The normalized spacial score (nSPS) is 21.2. The highest BCUT2D eigenvalue weighted by Crippen LogP contribution is 2.35. The van der Waals surface area contributed by atoms with E-state index in [0.717, 1.165) is 69.1 Å². The van der Waals surface area contributed by atoms with E-state index < -0.39 is 0 Å². The van der Waals surface area contributed by atoms with Crippen molar-refractivity contribution in [1.82, 2.24) is 20.3 Å². The first-order valence-corrected chi connectivity index (χ1v) is 8.83. The molecular weight excluding hydrogens is 300 g/mol. The van der Waals surface area contributed by atoms with Gasteiger partial charge in [-0.2, -0.15) is 4.98 Å². The van der Waals surface area contributed by atoms with Crippen molar-refractivity contribution in [3.05, 3.63) is 41.3 Å². The maximum absolute atomic E-state index is 6.03. The third kappa shape index (κ3) is 3.06. The minimum absolute atomic E-state index is 0.391. The van der Waals surface area contributed by atoms with Gasteiger partial charge in [0.1, 0.15) is 5.82 Å². The number of hydrogen-bond donors (Lipinski definition) is 2. The lowest BCUT2D eigenvalue weighted by Crippen LogP contribution is -2.31. The molecule has 2 aromatic rings. The fourth-order valence-corrected chi connectivity index (χ4v) is 3.80. The van der Waals surface area contributed by atoms with Crippen LogP contribution in [-0.4, -0.2) is 41.1 Å². The second-order valence-electron chi connectivity index (χ2n) is 6.62. The number of hydrogen-bond acceptors (Lipinski definition) is 6. The second-order valence-corrected chi connectivity index (χ2v) is 6.62. The largest absolute Gasteiger partial charge is 0.368 e. The number of anilines is 2. The third-order valence-electron chi connectivity index (χ3n) is 5.02. The van der Waals surface area contributed by atoms with Crippen LogP contribution in [0.4, 0.5) is 11.8 Å². The van der Waals surface area contributed by atoms with E-state index in [1.807, 2.05) is 12.3 Å². The van der Waals surface area contributed by atoms with Crippen molar-refractivity contribution < 1.29 is 0 Å². The van der Waals surface area contributed by atoms with Crippen LogP contribution in [0.1, 0.15) is 35.7 Å². The first kappa shape index (κ1) is 15.3. The fraction of sp³-hybridized carbons (Fsp3) is 0.500. The van der Waals surface area contributed by atoms with Crippen LogP contribution in [-0.2, 0) is 12.8 Å². The number of aromatic nitrogens is 3. The van der Waals surface area contributed by atoms with Crippen LogP contribution in [0.2, 0.25) is 0 Å². The fourth-order valence-electron chi connectivity index (χ4n) is 3.80. The predicted molar refractivity (Wildman–Crippen MR) is 95.1 cm³/mol. The van der Waals surface area contributed by atoms with Gasteiger partial charge in [-0.05, 0) is 44.4 Å². The Hall–Kier alpha value is -2.21. The summed E-state index contributed by atoms with van der Waals surface area (Å²) in [5.74, 6) is 1.87. The number of fused-ring (bicyclic) bond motifs is 1. The zero-order valence-corrected chi connectivity index (χ0v) is 13.9. The van der Waals surface area contributed by atoms with Crippen LogP contribution in [0, 0.1) is 0 Å². The van der Waals surface area contributed by atoms with Gasteiger partial charge in [-0.25, -0.2) is 4.98 Å². The summed E-state index contributed by atoms with van der Waals surface area (Å²) < 4.78 is 0. The van der Waals surface area contributed by atoms with Crippen molar-refractivity contribution in [3.8, 4) is 0 Å². The van der Waals surface area contributed by atoms with Crippen LogP contribution in [0.5, 0.6) is 0 Å². The van der Waals surface area contributed by atoms with Gasteiger partial charge in [-0.1, -0.05) is 6.07 Å². The van der Waals surface area contributed by atoms with Gasteiger partial charge in [0.05, 0.1) is 5.69 Å². The topological polar surface area (TPSA) is 80.0 Å². The molecule has 0 bridgehead atoms. The molecule has 0 saturated carbocycles. The first-order chi connectivity index (χ1) is 11.8. The van der Waals surface area contributed by atoms with E-state index in [2.05, 4.69) is 37.3 Å². The lowest BCUT2D eigenvalue weighted by molar-refractivity contribution is 0.556. The molecule has 4 rings (SSSR count). The molecule has 2 aromatic heterocycles. The van der Waals surface area contributed by atoms with Crippen LogP contribution in [0.25, 0.3) is 0 Å². The van der Waals surface area contributed by atoms with Crippen LogP contribution in [0.15, 0.2) is 24.4 Å². The van der Waals surface area contributed by atoms with E-state index in [0.29, 0.717) is 11.9 Å². The first-order valence-electron chi connectivity index (χ1n) is 8.83. The van der Waals surface area contributed by atoms with Crippen molar-refractivity contribution in [2.75, 3.05) is 36.8 Å². The molecule has 2 aliphatic rings. The van der Waals surface area contributed by atoms with Crippen LogP contribution in [0.3, 0.4) is 0 Å². The molecule has 0 amide bonds. The Labute approximate surface area is 142 Å². The van der Waals surface area contributed by atoms with E-state index >= 15 is 0 Å². The molecule has 3 heterocycles. The van der Waals surface area contributed by atoms with Gasteiger partial charge in [-0.3, -0.25) is 4.98 Å². The molecule has 0 aromatic carbocycles. The average Bonchev–Trinajstić information content (AvgIpc) is 2.90. The second kappa shape index (κ2) is 6.73. The predicted octanol–water partition coefficient (Wildman–Crippen LogP) is 1.53. The molecule has 1 aliphatic carbocycles. The van der Waals surface area contributed by atoms with Gasteiger partial charge in [0, 0.05) is 43.0 Å². The summed E-state index contributed by atoms with van der Waals surface area (Å²) in [6.45, 7) is 4.07. The Morgan fingerprint density at radius 3 is 3.00 bits per heavy atom. The molecule has 0 radical (unpaired) electrons. The molecule has 24 heavy (non-hydrogen) atoms. The van der Waals surface area contributed by atoms with Gasteiger partial charge < -0.3 is 16.0 Å². The van der Waals surface area contributed by atoms with Gasteiger partial charge >= 0.3 is 0 Å². The van der Waals surface area contributed by atoms with E-state index in [9.17, 15) is 0 Å². The quantitative estimate of drug-likeness (QED) is 0.872. The molecule has 1 atom stereocenters. The van der Waals surface area contributed by atoms with E-state index in [1.54, 1.807) is 0 Å². The summed E-state index contributed by atoms with van der Waals surface area (Å²) in [6.07, 6.45) is 5.99. The van der Waals surface area contributed by atoms with Gasteiger partial charge in [-0.15, -0.1) is 0 Å². The summed E-state index contributed by atoms with van der Waals surface area (Å²) in [5, 5.41) is 3.45. The summed E-state index contributed by atoms with van der Waals surface area (Å²) in [6, 6.07) is 6.13. The summed E-state index contributed by atoms with van der Waals surface area (Å²) in [5.41, 5.74) is 9.58. The molecule has 0 spiro atoms. The third-order valence-corrected chi connectivity index (χ3v) is 5.02. The number of rotatable bonds is 2. The van der Waals surface area contributed by atoms with Gasteiger partial charge in [0.15, 0.2) is 0 Å². The molecule has 6 nitrogen and oxygen atoms in total. The SMILES string of the molecule is Nc1nc2c(c(N3CCCNCC3)n1)CCC(c1ccccn1)C2. The zero-order valence-electron chi connectivity index (χ0n) is 13.9. The lowest BCUT2D eigenvalue weighted by Gasteiger charge is -2.29. The van der Waals surface area contributed by atoms with Crippen molar-refractivity contribution in [3.63, 3.8) is 0 Å². The van der Waals surface area contributed by atoms with E-state index in [4.69, 9.17) is 5.73 Å². The summed E-state index contributed by atoms with van der Waals surface area (Å²) in [4.78, 5) is 16.1. The molecule has 3 N–H and O–H groups in total. The van der Waals surface area contributed by atoms with Gasteiger partial charge in [0.2, 0.25) is 5.95 Å².